The van der Waals surface area contributed by atoms with Crippen molar-refractivity contribution in [2.75, 3.05) is 5.32 Å². The molecule has 0 aliphatic rings. The predicted molar refractivity (Wildman–Crippen MR) is 82.9 cm³/mol. The number of aliphatic hydroxyl groups is 1. The van der Waals surface area contributed by atoms with E-state index in [-0.39, 0.29) is 19.1 Å². The van der Waals surface area contributed by atoms with Crippen LogP contribution in [0.1, 0.15) is 5.56 Å². The molecule has 4 heteroatoms. The lowest BCUT2D eigenvalue weighted by molar-refractivity contribution is -0.116. The van der Waals surface area contributed by atoms with Crippen LogP contribution in [0.5, 0.6) is 0 Å². The second kappa shape index (κ2) is 5.81. The first-order chi connectivity index (χ1) is 10.3. The summed E-state index contributed by atoms with van der Waals surface area (Å²) in [6.45, 7) is 0.225. The first kappa shape index (κ1) is 13.4. The van der Waals surface area contributed by atoms with E-state index in [1.165, 1.54) is 0 Å². The Bertz CT molecular complexity index is 777. The Morgan fingerprint density at radius 3 is 2.81 bits per heavy atom. The van der Waals surface area contributed by atoms with Gasteiger partial charge in [0.1, 0.15) is 6.54 Å². The summed E-state index contributed by atoms with van der Waals surface area (Å²) < 4.78 is 1.92. The zero-order valence-corrected chi connectivity index (χ0v) is 11.5. The maximum absolute atomic E-state index is 12.1. The third kappa shape index (κ3) is 2.95. The SMILES string of the molecule is O=C(Cn1ccc2ccccc21)Nc1cccc(CO)c1. The lowest BCUT2D eigenvalue weighted by Crippen LogP contribution is -2.18. The van der Waals surface area contributed by atoms with Crippen molar-refractivity contribution in [2.24, 2.45) is 0 Å². The highest BCUT2D eigenvalue weighted by atomic mass is 16.3. The van der Waals surface area contributed by atoms with Gasteiger partial charge >= 0.3 is 0 Å². The number of amides is 1. The van der Waals surface area contributed by atoms with Gasteiger partial charge in [0, 0.05) is 17.4 Å². The van der Waals surface area contributed by atoms with Crippen molar-refractivity contribution >= 4 is 22.5 Å². The van der Waals surface area contributed by atoms with E-state index in [4.69, 9.17) is 5.11 Å². The summed E-state index contributed by atoms with van der Waals surface area (Å²) >= 11 is 0. The molecule has 0 aliphatic carbocycles. The lowest BCUT2D eigenvalue weighted by Gasteiger charge is -2.08. The van der Waals surface area contributed by atoms with Gasteiger partial charge in [-0.2, -0.15) is 0 Å². The van der Waals surface area contributed by atoms with Crippen molar-refractivity contribution < 1.29 is 9.90 Å². The van der Waals surface area contributed by atoms with Crippen LogP contribution in [0.15, 0.2) is 60.8 Å². The smallest absolute Gasteiger partial charge is 0.244 e. The highest BCUT2D eigenvalue weighted by Gasteiger charge is 2.06. The molecule has 0 saturated carbocycles. The number of fused-ring (bicyclic) bond motifs is 1. The second-order valence-corrected chi connectivity index (χ2v) is 4.91. The summed E-state index contributed by atoms with van der Waals surface area (Å²) in [5.41, 5.74) is 2.51. The minimum absolute atomic E-state index is 0.0358. The fourth-order valence-corrected chi connectivity index (χ4v) is 2.38. The number of para-hydroxylation sites is 1. The number of rotatable bonds is 4. The summed E-state index contributed by atoms with van der Waals surface area (Å²) in [6, 6.07) is 17.2. The Morgan fingerprint density at radius 2 is 1.95 bits per heavy atom. The maximum Gasteiger partial charge on any atom is 0.244 e. The van der Waals surface area contributed by atoms with E-state index < -0.39 is 0 Å². The number of anilines is 1. The van der Waals surface area contributed by atoms with Crippen molar-refractivity contribution in [1.82, 2.24) is 4.57 Å². The molecule has 1 heterocycles. The van der Waals surface area contributed by atoms with Gasteiger partial charge in [0.15, 0.2) is 0 Å². The van der Waals surface area contributed by atoms with E-state index in [9.17, 15) is 4.79 Å². The van der Waals surface area contributed by atoms with Crippen molar-refractivity contribution in [3.63, 3.8) is 0 Å². The van der Waals surface area contributed by atoms with Gasteiger partial charge in [0.2, 0.25) is 5.91 Å². The van der Waals surface area contributed by atoms with E-state index in [0.29, 0.717) is 5.69 Å². The Morgan fingerprint density at radius 1 is 1.10 bits per heavy atom. The molecule has 3 rings (SSSR count). The summed E-state index contributed by atoms with van der Waals surface area (Å²) in [7, 11) is 0. The van der Waals surface area contributed by atoms with E-state index in [1.807, 2.05) is 59.3 Å². The summed E-state index contributed by atoms with van der Waals surface area (Å²) in [5, 5.41) is 13.1. The maximum atomic E-state index is 12.1. The molecular weight excluding hydrogens is 264 g/mol. The van der Waals surface area contributed by atoms with Crippen LogP contribution in [-0.4, -0.2) is 15.6 Å². The third-order valence-corrected chi connectivity index (χ3v) is 3.39. The highest BCUT2D eigenvalue weighted by molar-refractivity contribution is 5.92. The highest BCUT2D eigenvalue weighted by Crippen LogP contribution is 2.15. The Hall–Kier alpha value is -2.59. The number of carbonyl (C=O) groups excluding carboxylic acids is 1. The van der Waals surface area contributed by atoms with Gasteiger partial charge in [-0.25, -0.2) is 0 Å². The Labute approximate surface area is 122 Å². The topological polar surface area (TPSA) is 54.3 Å². The van der Waals surface area contributed by atoms with E-state index >= 15 is 0 Å². The fourth-order valence-electron chi connectivity index (χ4n) is 2.38. The van der Waals surface area contributed by atoms with Crippen LogP contribution in [0.2, 0.25) is 0 Å². The van der Waals surface area contributed by atoms with E-state index in [1.54, 1.807) is 6.07 Å². The van der Waals surface area contributed by atoms with Crippen molar-refractivity contribution in [3.8, 4) is 0 Å². The summed E-state index contributed by atoms with van der Waals surface area (Å²) in [6.07, 6.45) is 1.91. The lowest BCUT2D eigenvalue weighted by atomic mass is 10.2. The molecular formula is C17H16N2O2. The Kier molecular flexibility index (Phi) is 3.71. The number of nitrogens with one attached hydrogen (secondary N) is 1. The first-order valence-electron chi connectivity index (χ1n) is 6.80. The zero-order chi connectivity index (χ0) is 14.7. The number of hydrogen-bond donors (Lipinski definition) is 2. The van der Waals surface area contributed by atoms with Crippen molar-refractivity contribution in [2.45, 2.75) is 13.2 Å². The minimum atomic E-state index is -0.0913. The molecule has 0 saturated heterocycles. The second-order valence-electron chi connectivity index (χ2n) is 4.91. The van der Waals surface area contributed by atoms with Gasteiger partial charge in [-0.1, -0.05) is 30.3 Å². The van der Waals surface area contributed by atoms with Crippen LogP contribution in [0, 0.1) is 0 Å². The van der Waals surface area contributed by atoms with Crippen LogP contribution in [0.4, 0.5) is 5.69 Å². The normalized spacial score (nSPS) is 10.7. The molecule has 0 atom stereocenters. The molecule has 0 fully saturated rings. The van der Waals surface area contributed by atoms with Gasteiger partial charge in [0.25, 0.3) is 0 Å². The molecule has 0 unspecified atom stereocenters. The standard InChI is InChI=1S/C17H16N2O2/c20-12-13-4-3-6-15(10-13)18-17(21)11-19-9-8-14-5-1-2-7-16(14)19/h1-10,20H,11-12H2,(H,18,21). The molecule has 0 bridgehead atoms. The minimum Gasteiger partial charge on any atom is -0.392 e. The van der Waals surface area contributed by atoms with Crippen LogP contribution in [-0.2, 0) is 17.9 Å². The van der Waals surface area contributed by atoms with E-state index in [2.05, 4.69) is 5.32 Å². The molecule has 106 valence electrons. The molecule has 3 aromatic rings. The van der Waals surface area contributed by atoms with Crippen LogP contribution >= 0.6 is 0 Å². The Balaban J connectivity index is 1.74. The number of carbonyl (C=O) groups is 1. The largest absolute Gasteiger partial charge is 0.392 e. The van der Waals surface area contributed by atoms with Gasteiger partial charge in [-0.3, -0.25) is 4.79 Å². The van der Waals surface area contributed by atoms with Gasteiger partial charge in [0.05, 0.1) is 6.61 Å². The molecule has 0 radical (unpaired) electrons. The third-order valence-electron chi connectivity index (χ3n) is 3.39. The number of hydrogen-bond acceptors (Lipinski definition) is 2. The van der Waals surface area contributed by atoms with E-state index in [0.717, 1.165) is 16.5 Å². The monoisotopic (exact) mass is 280 g/mol. The van der Waals surface area contributed by atoms with Crippen LogP contribution in [0.3, 0.4) is 0 Å². The number of aliphatic hydroxyl groups excluding tert-OH is 1. The molecule has 4 nitrogen and oxygen atoms in total. The predicted octanol–water partition coefficient (Wildman–Crippen LogP) is 2.77. The molecule has 0 spiro atoms. The first-order valence-corrected chi connectivity index (χ1v) is 6.80. The van der Waals surface area contributed by atoms with Gasteiger partial charge < -0.3 is 15.0 Å². The van der Waals surface area contributed by atoms with Crippen LogP contribution < -0.4 is 5.32 Å². The zero-order valence-electron chi connectivity index (χ0n) is 11.5. The van der Waals surface area contributed by atoms with Crippen LogP contribution in [0.25, 0.3) is 10.9 Å². The molecule has 2 N–H and O–H groups in total. The molecule has 21 heavy (non-hydrogen) atoms. The van der Waals surface area contributed by atoms with Crippen molar-refractivity contribution in [1.29, 1.82) is 0 Å². The van der Waals surface area contributed by atoms with Crippen molar-refractivity contribution in [3.05, 3.63) is 66.4 Å². The molecule has 1 aromatic heterocycles. The average Bonchev–Trinajstić information content (AvgIpc) is 2.91. The quantitative estimate of drug-likeness (QED) is 0.772. The summed E-state index contributed by atoms with van der Waals surface area (Å²) in [4.78, 5) is 12.1. The molecule has 1 amide bonds. The summed E-state index contributed by atoms with van der Waals surface area (Å²) in [5.74, 6) is -0.0913. The fraction of sp³-hybridized carbons (Fsp3) is 0.118. The number of benzene rings is 2. The van der Waals surface area contributed by atoms with Gasteiger partial charge in [-0.15, -0.1) is 0 Å². The van der Waals surface area contributed by atoms with Gasteiger partial charge in [-0.05, 0) is 35.2 Å². The molecule has 0 aliphatic heterocycles. The molecule has 2 aromatic carbocycles. The average molecular weight is 280 g/mol. The number of nitrogens with zero attached hydrogens (tertiary/aromatic N) is 1. The number of aromatic nitrogens is 1.